The molecule has 4 rings (SSSR count). The summed E-state index contributed by atoms with van der Waals surface area (Å²) >= 11 is 1.39. The van der Waals surface area contributed by atoms with Gasteiger partial charge in [0.05, 0.1) is 53.7 Å². The number of carboxylic acid groups (broad SMARTS) is 1. The lowest BCUT2D eigenvalue weighted by Crippen LogP contribution is -2.36. The molecule has 11 nitrogen and oxygen atoms in total. The Morgan fingerprint density at radius 1 is 1.40 bits per heavy atom. The number of nitrogens with zero attached hydrogens (tertiary/aromatic N) is 4. The highest BCUT2D eigenvalue weighted by Gasteiger charge is 2.32. The van der Waals surface area contributed by atoms with Gasteiger partial charge >= 0.3 is 17.6 Å². The molecule has 2 aromatic heterocycles. The minimum Gasteiger partial charge on any atom is -0.748 e. The van der Waals surface area contributed by atoms with Crippen molar-refractivity contribution in [3.63, 3.8) is 0 Å². The van der Waals surface area contributed by atoms with Gasteiger partial charge in [-0.15, -0.1) is 0 Å². The first-order valence-corrected chi connectivity index (χ1v) is 13.0. The maximum Gasteiger partial charge on any atom is 0.352 e. The summed E-state index contributed by atoms with van der Waals surface area (Å²) in [6.45, 7) is 9.54. The van der Waals surface area contributed by atoms with Crippen LogP contribution in [0.25, 0.3) is 22.2 Å². The molecule has 1 aromatic carbocycles. The van der Waals surface area contributed by atoms with Crippen LogP contribution in [-0.4, -0.2) is 48.0 Å². The maximum absolute atomic E-state index is 11.7. The van der Waals surface area contributed by atoms with Crippen LogP contribution in [0, 0.1) is 6.57 Å². The second-order valence-electron chi connectivity index (χ2n) is 7.65. The third kappa shape index (κ3) is 5.00. The zero-order valence-corrected chi connectivity index (χ0v) is 20.6. The number of methoxy groups -OCH3 is 1. The fourth-order valence-electron chi connectivity index (χ4n) is 3.99. The molecule has 3 aromatic rings. The standard InChI is InChI=1S/C22H22N4O7S2/c1-4-24-19(25(8-5-9-35(29,30)31)16-11-18(23-2)33-22(16)24)12-20-26(13-21(27)28)15-10-14(32-3)6-7-17(15)34-20/h6-7,10-12H,4-5,8-9,13H2,1,3H3,(H-,27,28,29,30,31). The number of ether oxygens (including phenoxy) is 1. The largest absolute Gasteiger partial charge is 0.748 e. The van der Waals surface area contributed by atoms with Crippen molar-refractivity contribution >= 4 is 56.7 Å². The number of thioether (sulfide) groups is 1. The van der Waals surface area contributed by atoms with Crippen LogP contribution in [0.5, 0.6) is 5.75 Å². The average Bonchev–Trinajstić information content (AvgIpc) is 3.44. The molecule has 1 N–H and O–H groups in total. The van der Waals surface area contributed by atoms with Crippen LogP contribution in [0.2, 0.25) is 0 Å². The first-order chi connectivity index (χ1) is 16.6. The molecule has 0 aliphatic carbocycles. The van der Waals surface area contributed by atoms with Crippen LogP contribution in [0.1, 0.15) is 19.2 Å². The normalized spacial score (nSPS) is 14.5. The number of aliphatic carboxylic acids is 1. The van der Waals surface area contributed by atoms with Crippen molar-refractivity contribution in [1.29, 1.82) is 0 Å². The van der Waals surface area contributed by atoms with Gasteiger partial charge in [-0.25, -0.2) is 13.0 Å². The maximum atomic E-state index is 11.7. The van der Waals surface area contributed by atoms with E-state index in [0.717, 1.165) is 4.90 Å². The van der Waals surface area contributed by atoms with E-state index in [1.165, 1.54) is 18.9 Å². The smallest absolute Gasteiger partial charge is 0.352 e. The van der Waals surface area contributed by atoms with E-state index in [1.807, 2.05) is 23.6 Å². The predicted molar refractivity (Wildman–Crippen MR) is 127 cm³/mol. The lowest BCUT2D eigenvalue weighted by molar-refractivity contribution is -0.676. The van der Waals surface area contributed by atoms with Crippen molar-refractivity contribution in [3.05, 3.63) is 46.5 Å². The number of fused-ring (bicyclic) bond motifs is 2. The molecule has 0 saturated heterocycles. The van der Waals surface area contributed by atoms with Crippen LogP contribution in [0.3, 0.4) is 0 Å². The zero-order valence-electron chi connectivity index (χ0n) is 18.9. The fraction of sp³-hybridized carbons (Fsp3) is 0.318. The average molecular weight is 519 g/mol. The van der Waals surface area contributed by atoms with Gasteiger partial charge in [0.15, 0.2) is 0 Å². The minimum absolute atomic E-state index is 0.0669. The number of hydrogen-bond donors (Lipinski definition) is 1. The Balaban J connectivity index is 1.85. The van der Waals surface area contributed by atoms with E-state index < -0.39 is 21.8 Å². The summed E-state index contributed by atoms with van der Waals surface area (Å²) in [5.41, 5.74) is 1.71. The summed E-state index contributed by atoms with van der Waals surface area (Å²) in [6, 6.07) is 6.99. The van der Waals surface area contributed by atoms with Gasteiger partial charge in [-0.3, -0.25) is 4.79 Å². The first kappa shape index (κ1) is 24.6. The number of anilines is 1. The fourth-order valence-corrected chi connectivity index (χ4v) is 5.55. The molecular weight excluding hydrogens is 496 g/mol. The van der Waals surface area contributed by atoms with Crippen LogP contribution in [0.15, 0.2) is 38.6 Å². The summed E-state index contributed by atoms with van der Waals surface area (Å²) in [6.07, 6.45) is 1.87. The van der Waals surface area contributed by atoms with Crippen molar-refractivity contribution in [2.45, 2.75) is 31.3 Å². The van der Waals surface area contributed by atoms with Gasteiger partial charge in [-0.1, -0.05) is 11.8 Å². The number of carboxylic acids is 1. The summed E-state index contributed by atoms with van der Waals surface area (Å²) in [5.74, 6) is -0.242. The van der Waals surface area contributed by atoms with Crippen molar-refractivity contribution in [1.82, 2.24) is 4.57 Å². The second kappa shape index (κ2) is 9.65. The van der Waals surface area contributed by atoms with E-state index in [-0.39, 0.29) is 25.4 Å². The van der Waals surface area contributed by atoms with Crippen molar-refractivity contribution < 1.29 is 36.6 Å². The number of rotatable bonds is 9. The van der Waals surface area contributed by atoms with Crippen LogP contribution >= 0.6 is 11.8 Å². The Hall–Kier alpha value is -3.47. The molecule has 0 atom stereocenters. The van der Waals surface area contributed by atoms with E-state index in [9.17, 15) is 22.9 Å². The van der Waals surface area contributed by atoms with E-state index in [4.69, 9.17) is 15.7 Å². The highest BCUT2D eigenvalue weighted by atomic mass is 32.2. The van der Waals surface area contributed by atoms with Gasteiger partial charge in [-0.05, 0) is 25.5 Å². The number of carbonyl (C=O) groups is 1. The molecule has 1 aliphatic heterocycles. The minimum atomic E-state index is -4.39. The number of aryl methyl sites for hydroxylation is 2. The molecule has 0 amide bonds. The van der Waals surface area contributed by atoms with Crippen LogP contribution in [0.4, 0.5) is 11.6 Å². The third-order valence-corrected chi connectivity index (χ3v) is 7.36. The van der Waals surface area contributed by atoms with Crippen molar-refractivity contribution in [2.24, 2.45) is 0 Å². The number of benzene rings is 1. The monoisotopic (exact) mass is 518 g/mol. The molecule has 0 unspecified atom stereocenters. The number of aromatic nitrogens is 2. The van der Waals surface area contributed by atoms with Gasteiger partial charge in [0.25, 0.3) is 5.82 Å². The Labute approximate surface area is 205 Å². The van der Waals surface area contributed by atoms with Gasteiger partial charge in [-0.2, -0.15) is 9.41 Å². The van der Waals surface area contributed by atoms with Crippen LogP contribution < -0.4 is 14.2 Å². The molecule has 0 saturated carbocycles. The summed E-state index contributed by atoms with van der Waals surface area (Å²) in [5, 5.41) is 10.2. The molecule has 1 aliphatic rings. The SMILES string of the molecule is [C-]#[N+]c1cc2c(o1)[n+](CC)c(C=C1Sc3ccc(OC)cc3N1CC(=O)O)n2CCCS(=O)(=O)[O-]. The molecule has 0 radical (unpaired) electrons. The molecule has 13 heteroatoms. The van der Waals surface area contributed by atoms with E-state index in [2.05, 4.69) is 4.85 Å². The molecule has 0 bridgehead atoms. The Morgan fingerprint density at radius 2 is 2.17 bits per heavy atom. The third-order valence-electron chi connectivity index (χ3n) is 5.46. The van der Waals surface area contributed by atoms with Crippen molar-refractivity contribution in [2.75, 3.05) is 24.3 Å². The highest BCUT2D eigenvalue weighted by molar-refractivity contribution is 8.03. The zero-order chi connectivity index (χ0) is 25.3. The lowest BCUT2D eigenvalue weighted by atomic mass is 10.2. The van der Waals surface area contributed by atoms with Crippen molar-refractivity contribution in [3.8, 4) is 5.75 Å². The quantitative estimate of drug-likeness (QED) is 0.258. The summed E-state index contributed by atoms with van der Waals surface area (Å²) in [4.78, 5) is 17.5. The van der Waals surface area contributed by atoms with E-state index in [0.29, 0.717) is 40.1 Å². The highest BCUT2D eigenvalue weighted by Crippen LogP contribution is 2.48. The lowest BCUT2D eigenvalue weighted by Gasteiger charge is -2.18. The molecule has 0 fully saturated rings. The number of imidazole rings is 1. The Morgan fingerprint density at radius 3 is 2.80 bits per heavy atom. The molecule has 184 valence electrons. The number of hydrogen-bond acceptors (Lipinski definition) is 8. The van der Waals surface area contributed by atoms with Gasteiger partial charge < -0.3 is 23.7 Å². The summed E-state index contributed by atoms with van der Waals surface area (Å²) < 4.78 is 48.1. The van der Waals surface area contributed by atoms with E-state index in [1.54, 1.807) is 27.7 Å². The first-order valence-electron chi connectivity index (χ1n) is 10.6. The summed E-state index contributed by atoms with van der Waals surface area (Å²) in [7, 11) is -2.86. The van der Waals surface area contributed by atoms with Gasteiger partial charge in [0, 0.05) is 22.8 Å². The Bertz CT molecular complexity index is 1480. The van der Waals surface area contributed by atoms with Gasteiger partial charge in [0.1, 0.15) is 12.3 Å². The second-order valence-corrected chi connectivity index (χ2v) is 10.2. The number of furan rings is 1. The van der Waals surface area contributed by atoms with Gasteiger partial charge in [0.2, 0.25) is 5.52 Å². The molecule has 3 heterocycles. The molecular formula is C22H22N4O7S2. The van der Waals surface area contributed by atoms with E-state index >= 15 is 0 Å². The molecule has 35 heavy (non-hydrogen) atoms. The topological polar surface area (TPSA) is 133 Å². The Kier molecular flexibility index (Phi) is 6.79. The van der Waals surface area contributed by atoms with Crippen LogP contribution in [-0.2, 0) is 28.0 Å². The predicted octanol–water partition coefficient (Wildman–Crippen LogP) is 3.03. The molecule has 0 spiro atoms.